The van der Waals surface area contributed by atoms with E-state index in [1.165, 1.54) is 0 Å². The molecule has 0 aliphatic heterocycles. The van der Waals surface area contributed by atoms with E-state index in [0.717, 1.165) is 35.3 Å². The molecule has 0 fully saturated rings. The Morgan fingerprint density at radius 1 is 1.54 bits per heavy atom. The number of nitriles is 1. The van der Waals surface area contributed by atoms with Crippen LogP contribution in [0.15, 0.2) is 10.7 Å². The predicted octanol–water partition coefficient (Wildman–Crippen LogP) is 1.44. The molecule has 0 atom stereocenters. The molecule has 0 radical (unpaired) electrons. The molecule has 1 aliphatic carbocycles. The molecule has 1 heterocycles. The van der Waals surface area contributed by atoms with Gasteiger partial charge in [0.05, 0.1) is 0 Å². The van der Waals surface area contributed by atoms with E-state index in [-0.39, 0.29) is 0 Å². The highest BCUT2D eigenvalue weighted by molar-refractivity contribution is 9.10. The lowest BCUT2D eigenvalue weighted by molar-refractivity contribution is -0.625. The van der Waals surface area contributed by atoms with Gasteiger partial charge in [0.1, 0.15) is 11.6 Å². The second kappa shape index (κ2) is 3.00. The fourth-order valence-corrected chi connectivity index (χ4v) is 2.10. The van der Waals surface area contributed by atoms with Crippen LogP contribution in [0.3, 0.4) is 0 Å². The number of hydrogen-bond donors (Lipinski definition) is 0. The van der Waals surface area contributed by atoms with Crippen molar-refractivity contribution in [2.75, 3.05) is 0 Å². The molecule has 0 saturated heterocycles. The van der Waals surface area contributed by atoms with Gasteiger partial charge in [0.2, 0.25) is 0 Å². The third-order valence-electron chi connectivity index (χ3n) is 2.32. The molecule has 0 spiro atoms. The Labute approximate surface area is 84.3 Å². The number of aryl methyl sites for hydroxylation is 1. The molecular formula is C9H7BrN2O. The summed E-state index contributed by atoms with van der Waals surface area (Å²) in [6, 6.07) is 3.80. The summed E-state index contributed by atoms with van der Waals surface area (Å²) in [6.45, 7) is 0. The first kappa shape index (κ1) is 8.52. The summed E-state index contributed by atoms with van der Waals surface area (Å²) < 4.78 is 1.18. The van der Waals surface area contributed by atoms with E-state index in [2.05, 4.69) is 15.9 Å². The van der Waals surface area contributed by atoms with Crippen molar-refractivity contribution in [2.45, 2.75) is 19.3 Å². The predicted molar refractivity (Wildman–Crippen MR) is 49.8 cm³/mol. The minimum absolute atomic E-state index is 0.343. The average Bonchev–Trinajstić information content (AvgIpc) is 2.59. The van der Waals surface area contributed by atoms with Crippen molar-refractivity contribution in [2.24, 2.45) is 0 Å². The van der Waals surface area contributed by atoms with Crippen molar-refractivity contribution in [3.05, 3.63) is 32.7 Å². The smallest absolute Gasteiger partial charge is 0.277 e. The molecule has 13 heavy (non-hydrogen) atoms. The minimum Gasteiger partial charge on any atom is -0.618 e. The van der Waals surface area contributed by atoms with Crippen molar-refractivity contribution in [3.8, 4) is 6.07 Å². The van der Waals surface area contributed by atoms with Gasteiger partial charge in [-0.05, 0) is 18.9 Å². The van der Waals surface area contributed by atoms with E-state index in [9.17, 15) is 5.21 Å². The zero-order chi connectivity index (χ0) is 9.42. The zero-order valence-electron chi connectivity index (χ0n) is 6.88. The molecule has 0 unspecified atom stereocenters. The van der Waals surface area contributed by atoms with Crippen molar-refractivity contribution in [3.63, 3.8) is 0 Å². The van der Waals surface area contributed by atoms with Crippen LogP contribution in [-0.4, -0.2) is 0 Å². The van der Waals surface area contributed by atoms with Crippen LogP contribution in [-0.2, 0) is 12.8 Å². The lowest BCUT2D eigenvalue weighted by Gasteiger charge is -2.05. The maximum Gasteiger partial charge on any atom is 0.277 e. The monoisotopic (exact) mass is 238 g/mol. The fourth-order valence-electron chi connectivity index (χ4n) is 1.68. The average molecular weight is 239 g/mol. The van der Waals surface area contributed by atoms with Gasteiger partial charge in [-0.3, -0.25) is 0 Å². The zero-order valence-corrected chi connectivity index (χ0v) is 8.47. The van der Waals surface area contributed by atoms with E-state index < -0.39 is 0 Å². The summed E-state index contributed by atoms with van der Waals surface area (Å²) >= 11 is 3.12. The molecule has 1 aromatic heterocycles. The van der Waals surface area contributed by atoms with Crippen LogP contribution >= 0.6 is 15.9 Å². The van der Waals surface area contributed by atoms with E-state index in [0.29, 0.717) is 10.2 Å². The third kappa shape index (κ3) is 1.20. The first-order chi connectivity index (χ1) is 6.24. The first-order valence-corrected chi connectivity index (χ1v) is 4.87. The fraction of sp³-hybridized carbons (Fsp3) is 0.333. The highest BCUT2D eigenvalue weighted by atomic mass is 79.9. The SMILES string of the molecule is N#Cc1cc2c([n+]([O-])c1Br)CCC2. The second-order valence-corrected chi connectivity index (χ2v) is 3.83. The molecular weight excluding hydrogens is 232 g/mol. The molecule has 66 valence electrons. The van der Waals surface area contributed by atoms with Gasteiger partial charge in [-0.15, -0.1) is 0 Å². The summed E-state index contributed by atoms with van der Waals surface area (Å²) in [7, 11) is 0. The van der Waals surface area contributed by atoms with Gasteiger partial charge in [0.15, 0.2) is 5.69 Å². The summed E-state index contributed by atoms with van der Waals surface area (Å²) in [4.78, 5) is 0. The Balaban J connectivity index is 2.70. The number of aromatic nitrogens is 1. The minimum atomic E-state index is 0.343. The highest BCUT2D eigenvalue weighted by Crippen LogP contribution is 2.23. The topological polar surface area (TPSA) is 50.7 Å². The Hall–Kier alpha value is -1.08. The van der Waals surface area contributed by atoms with Crippen molar-refractivity contribution < 1.29 is 4.73 Å². The van der Waals surface area contributed by atoms with E-state index >= 15 is 0 Å². The molecule has 2 rings (SSSR count). The summed E-state index contributed by atoms with van der Waals surface area (Å²) in [5.41, 5.74) is 2.26. The van der Waals surface area contributed by atoms with Crippen LogP contribution in [0.2, 0.25) is 0 Å². The second-order valence-electron chi connectivity index (χ2n) is 3.08. The number of hydrogen-bond acceptors (Lipinski definition) is 2. The van der Waals surface area contributed by atoms with E-state index in [4.69, 9.17) is 5.26 Å². The Morgan fingerprint density at radius 2 is 2.31 bits per heavy atom. The summed E-state index contributed by atoms with van der Waals surface area (Å²) in [5.74, 6) is 0. The van der Waals surface area contributed by atoms with Gasteiger partial charge in [-0.1, -0.05) is 0 Å². The van der Waals surface area contributed by atoms with Crippen LogP contribution in [0, 0.1) is 16.5 Å². The van der Waals surface area contributed by atoms with E-state index in [1.54, 1.807) is 6.07 Å². The first-order valence-electron chi connectivity index (χ1n) is 4.08. The van der Waals surface area contributed by atoms with Crippen LogP contribution in [0.25, 0.3) is 0 Å². The maximum atomic E-state index is 11.6. The Kier molecular flexibility index (Phi) is 1.97. The van der Waals surface area contributed by atoms with Gasteiger partial charge < -0.3 is 5.21 Å². The molecule has 1 aromatic rings. The Morgan fingerprint density at radius 3 is 3.00 bits per heavy atom. The van der Waals surface area contributed by atoms with Gasteiger partial charge in [-0.2, -0.15) is 9.99 Å². The molecule has 3 nitrogen and oxygen atoms in total. The lowest BCUT2D eigenvalue weighted by atomic mass is 10.2. The number of fused-ring (bicyclic) bond motifs is 1. The number of halogens is 1. The van der Waals surface area contributed by atoms with Crippen LogP contribution in [0.1, 0.15) is 23.2 Å². The van der Waals surface area contributed by atoms with Gasteiger partial charge in [0.25, 0.3) is 4.60 Å². The van der Waals surface area contributed by atoms with Crippen molar-refractivity contribution in [1.29, 1.82) is 5.26 Å². The van der Waals surface area contributed by atoms with Crippen LogP contribution < -0.4 is 4.73 Å². The molecule has 1 aliphatic rings. The van der Waals surface area contributed by atoms with Gasteiger partial charge >= 0.3 is 0 Å². The molecule has 0 aromatic carbocycles. The number of rotatable bonds is 0. The van der Waals surface area contributed by atoms with Crippen LogP contribution in [0.4, 0.5) is 0 Å². The molecule has 0 amide bonds. The largest absolute Gasteiger partial charge is 0.618 e. The summed E-state index contributed by atoms with van der Waals surface area (Å²) in [6.07, 6.45) is 2.75. The van der Waals surface area contributed by atoms with Crippen molar-refractivity contribution in [1.82, 2.24) is 0 Å². The van der Waals surface area contributed by atoms with Crippen molar-refractivity contribution >= 4 is 15.9 Å². The number of pyridine rings is 1. The molecule has 0 N–H and O–H groups in total. The Bertz CT molecular complexity index is 405. The van der Waals surface area contributed by atoms with Gasteiger partial charge in [-0.25, -0.2) is 0 Å². The normalized spacial score (nSPS) is 13.8. The highest BCUT2D eigenvalue weighted by Gasteiger charge is 2.24. The standard InChI is InChI=1S/C9H7BrN2O/c10-9-7(5-11)4-6-2-1-3-8(6)12(9)13/h4H,1-3H2. The van der Waals surface area contributed by atoms with Gasteiger partial charge in [0, 0.05) is 27.9 Å². The van der Waals surface area contributed by atoms with Crippen LogP contribution in [0.5, 0.6) is 0 Å². The number of nitrogens with zero attached hydrogens (tertiary/aromatic N) is 2. The molecule has 4 heteroatoms. The molecule has 0 bridgehead atoms. The third-order valence-corrected chi connectivity index (χ3v) is 3.06. The molecule has 0 saturated carbocycles. The summed E-state index contributed by atoms with van der Waals surface area (Å²) in [5, 5.41) is 20.3. The van der Waals surface area contributed by atoms with E-state index in [1.807, 2.05) is 6.07 Å². The lowest BCUT2D eigenvalue weighted by Crippen LogP contribution is -2.34. The quantitative estimate of drug-likeness (QED) is 0.390. The maximum absolute atomic E-state index is 11.6.